The van der Waals surface area contributed by atoms with Crippen molar-refractivity contribution in [2.75, 3.05) is 13.2 Å². The third kappa shape index (κ3) is 4.25. The fourth-order valence-corrected chi connectivity index (χ4v) is 2.87. The maximum Gasteiger partial charge on any atom is 0.355 e. The molecule has 1 heterocycles. The van der Waals surface area contributed by atoms with Crippen LogP contribution in [0.2, 0.25) is 0 Å². The number of rotatable bonds is 7. The molecule has 1 amide bonds. The lowest BCUT2D eigenvalue weighted by molar-refractivity contribution is 0.0519. The molecule has 1 aromatic carbocycles. The Morgan fingerprint density at radius 1 is 1.12 bits per heavy atom. The lowest BCUT2D eigenvalue weighted by atomic mass is 10.1. The molecule has 140 valence electrons. The third-order valence-electron chi connectivity index (χ3n) is 4.18. The zero-order chi connectivity index (χ0) is 19.3. The van der Waals surface area contributed by atoms with Crippen LogP contribution in [0.25, 0.3) is 0 Å². The molecule has 6 nitrogen and oxygen atoms in total. The minimum Gasteiger partial charge on any atom is -0.494 e. The molecule has 26 heavy (non-hydrogen) atoms. The second-order valence-corrected chi connectivity index (χ2v) is 6.04. The van der Waals surface area contributed by atoms with E-state index >= 15 is 0 Å². The third-order valence-corrected chi connectivity index (χ3v) is 4.18. The molecule has 0 spiro atoms. The predicted octanol–water partition coefficient (Wildman–Crippen LogP) is 3.70. The summed E-state index contributed by atoms with van der Waals surface area (Å²) in [4.78, 5) is 27.7. The highest BCUT2D eigenvalue weighted by Gasteiger charge is 2.23. The molecule has 0 aliphatic carbocycles. The topological polar surface area (TPSA) is 80.4 Å². The second kappa shape index (κ2) is 8.56. The van der Waals surface area contributed by atoms with E-state index in [1.54, 1.807) is 20.8 Å². The number of hydrogen-bond acceptors (Lipinski definition) is 4. The first-order valence-corrected chi connectivity index (χ1v) is 8.78. The van der Waals surface area contributed by atoms with Crippen LogP contribution >= 0.6 is 0 Å². The standard InChI is InChI=1S/C20H26N2O4/c1-6-25-16-10-8-15(9-11-16)13(4)22-19(23)17-12(3)18(21-14(17)5)20(24)26-7-2/h8-11,13,21H,6-7H2,1-5H3,(H,22,23). The van der Waals surface area contributed by atoms with Crippen molar-refractivity contribution in [1.82, 2.24) is 10.3 Å². The van der Waals surface area contributed by atoms with Gasteiger partial charge in [-0.1, -0.05) is 12.1 Å². The Balaban J connectivity index is 2.15. The number of carbonyl (C=O) groups excluding carboxylic acids is 2. The van der Waals surface area contributed by atoms with Crippen molar-refractivity contribution in [3.63, 3.8) is 0 Å². The van der Waals surface area contributed by atoms with Gasteiger partial charge in [0.15, 0.2) is 0 Å². The number of aryl methyl sites for hydroxylation is 1. The molecular formula is C20H26N2O4. The van der Waals surface area contributed by atoms with Crippen LogP contribution in [-0.2, 0) is 4.74 Å². The molecule has 2 rings (SSSR count). The van der Waals surface area contributed by atoms with Crippen molar-refractivity contribution in [2.45, 2.75) is 40.7 Å². The number of amides is 1. The lowest BCUT2D eigenvalue weighted by Gasteiger charge is -2.15. The van der Waals surface area contributed by atoms with Crippen molar-refractivity contribution in [3.8, 4) is 5.75 Å². The van der Waals surface area contributed by atoms with Crippen molar-refractivity contribution >= 4 is 11.9 Å². The van der Waals surface area contributed by atoms with Crippen LogP contribution in [0, 0.1) is 13.8 Å². The molecule has 0 aliphatic heterocycles. The van der Waals surface area contributed by atoms with E-state index in [0.717, 1.165) is 11.3 Å². The molecule has 1 unspecified atom stereocenters. The quantitative estimate of drug-likeness (QED) is 0.740. The summed E-state index contributed by atoms with van der Waals surface area (Å²) in [6.07, 6.45) is 0. The Labute approximate surface area is 153 Å². The van der Waals surface area contributed by atoms with Crippen LogP contribution in [0.4, 0.5) is 0 Å². The zero-order valence-electron chi connectivity index (χ0n) is 15.9. The fourth-order valence-electron chi connectivity index (χ4n) is 2.87. The SMILES string of the molecule is CCOC(=O)c1[nH]c(C)c(C(=O)NC(C)c2ccc(OCC)cc2)c1C. The Kier molecular flexibility index (Phi) is 6.44. The van der Waals surface area contributed by atoms with Crippen molar-refractivity contribution in [1.29, 1.82) is 0 Å². The fraction of sp³-hybridized carbons (Fsp3) is 0.400. The van der Waals surface area contributed by atoms with E-state index in [0.29, 0.717) is 29.1 Å². The van der Waals surface area contributed by atoms with Crippen LogP contribution < -0.4 is 10.1 Å². The number of benzene rings is 1. The molecule has 0 saturated carbocycles. The van der Waals surface area contributed by atoms with Gasteiger partial charge in [-0.25, -0.2) is 4.79 Å². The van der Waals surface area contributed by atoms with E-state index < -0.39 is 5.97 Å². The highest BCUT2D eigenvalue weighted by molar-refractivity contribution is 6.01. The maximum atomic E-state index is 12.7. The number of nitrogens with one attached hydrogen (secondary N) is 2. The summed E-state index contributed by atoms with van der Waals surface area (Å²) in [6, 6.07) is 7.44. The molecule has 1 atom stereocenters. The van der Waals surface area contributed by atoms with E-state index in [4.69, 9.17) is 9.47 Å². The van der Waals surface area contributed by atoms with Gasteiger partial charge in [0.25, 0.3) is 5.91 Å². The van der Waals surface area contributed by atoms with Crippen LogP contribution in [0.5, 0.6) is 5.75 Å². The average Bonchev–Trinajstić information content (AvgIpc) is 2.90. The monoisotopic (exact) mass is 358 g/mol. The lowest BCUT2D eigenvalue weighted by Crippen LogP contribution is -2.27. The Hall–Kier alpha value is -2.76. The van der Waals surface area contributed by atoms with E-state index in [1.807, 2.05) is 38.1 Å². The molecule has 0 bridgehead atoms. The van der Waals surface area contributed by atoms with Gasteiger partial charge in [-0.05, 0) is 57.9 Å². The molecule has 0 radical (unpaired) electrons. The van der Waals surface area contributed by atoms with E-state index in [2.05, 4.69) is 10.3 Å². The summed E-state index contributed by atoms with van der Waals surface area (Å²) in [6.45, 7) is 10.0. The molecule has 2 N–H and O–H groups in total. The van der Waals surface area contributed by atoms with Gasteiger partial charge in [-0.3, -0.25) is 4.79 Å². The average molecular weight is 358 g/mol. The smallest absolute Gasteiger partial charge is 0.355 e. The van der Waals surface area contributed by atoms with Gasteiger partial charge in [0, 0.05) is 5.69 Å². The number of aromatic nitrogens is 1. The molecule has 0 aliphatic rings. The highest BCUT2D eigenvalue weighted by Crippen LogP contribution is 2.22. The number of esters is 1. The summed E-state index contributed by atoms with van der Waals surface area (Å²) in [5.74, 6) is 0.117. The minimum atomic E-state index is -0.452. The van der Waals surface area contributed by atoms with Gasteiger partial charge in [0.1, 0.15) is 11.4 Å². The number of H-pyrrole nitrogens is 1. The van der Waals surface area contributed by atoms with Gasteiger partial charge in [0.2, 0.25) is 0 Å². The second-order valence-electron chi connectivity index (χ2n) is 6.04. The van der Waals surface area contributed by atoms with E-state index in [1.165, 1.54) is 0 Å². The molecule has 0 saturated heterocycles. The number of ether oxygens (including phenoxy) is 2. The first-order chi connectivity index (χ1) is 12.4. The zero-order valence-corrected chi connectivity index (χ0v) is 15.9. The summed E-state index contributed by atoms with van der Waals surface area (Å²) in [5, 5.41) is 2.98. The molecular weight excluding hydrogens is 332 g/mol. The van der Waals surface area contributed by atoms with Crippen molar-refractivity contribution < 1.29 is 19.1 Å². The Morgan fingerprint density at radius 3 is 2.35 bits per heavy atom. The highest BCUT2D eigenvalue weighted by atomic mass is 16.5. The Bertz CT molecular complexity index is 778. The molecule has 0 fully saturated rings. The van der Waals surface area contributed by atoms with Gasteiger partial charge in [-0.15, -0.1) is 0 Å². The largest absolute Gasteiger partial charge is 0.494 e. The molecule has 6 heteroatoms. The predicted molar refractivity (Wildman–Crippen MR) is 99.7 cm³/mol. The van der Waals surface area contributed by atoms with Gasteiger partial charge >= 0.3 is 5.97 Å². The van der Waals surface area contributed by atoms with Gasteiger partial charge in [0.05, 0.1) is 24.8 Å². The minimum absolute atomic E-state index is 0.182. The number of hydrogen-bond donors (Lipinski definition) is 2. The maximum absolute atomic E-state index is 12.7. The molecule has 1 aromatic heterocycles. The van der Waals surface area contributed by atoms with Crippen molar-refractivity contribution in [3.05, 3.63) is 52.3 Å². The van der Waals surface area contributed by atoms with E-state index in [-0.39, 0.29) is 18.6 Å². The first kappa shape index (κ1) is 19.6. The van der Waals surface area contributed by atoms with Crippen molar-refractivity contribution in [2.24, 2.45) is 0 Å². The normalized spacial score (nSPS) is 11.7. The Morgan fingerprint density at radius 2 is 1.77 bits per heavy atom. The summed E-state index contributed by atoms with van der Waals surface area (Å²) >= 11 is 0. The van der Waals surface area contributed by atoms with Crippen LogP contribution in [0.15, 0.2) is 24.3 Å². The van der Waals surface area contributed by atoms with Gasteiger partial charge < -0.3 is 19.8 Å². The number of carbonyl (C=O) groups is 2. The van der Waals surface area contributed by atoms with E-state index in [9.17, 15) is 9.59 Å². The molecule has 2 aromatic rings. The van der Waals surface area contributed by atoms with Crippen LogP contribution in [0.1, 0.15) is 64.5 Å². The van der Waals surface area contributed by atoms with Crippen LogP contribution in [-0.4, -0.2) is 30.1 Å². The summed E-state index contributed by atoms with van der Waals surface area (Å²) < 4.78 is 10.5. The summed E-state index contributed by atoms with van der Waals surface area (Å²) in [5.41, 5.74) is 3.01. The first-order valence-electron chi connectivity index (χ1n) is 8.78. The van der Waals surface area contributed by atoms with Crippen LogP contribution in [0.3, 0.4) is 0 Å². The number of aromatic amines is 1. The summed E-state index contributed by atoms with van der Waals surface area (Å²) in [7, 11) is 0. The van der Waals surface area contributed by atoms with Gasteiger partial charge in [-0.2, -0.15) is 0 Å².